The number of nitro benzene ring substituents is 1. The zero-order chi connectivity index (χ0) is 13.0. The summed E-state index contributed by atoms with van der Waals surface area (Å²) in [7, 11) is 0. The second-order valence-corrected chi connectivity index (χ2v) is 3.60. The summed E-state index contributed by atoms with van der Waals surface area (Å²) in [5.74, 6) is -0.470. The maximum absolute atomic E-state index is 10.7. The summed E-state index contributed by atoms with van der Waals surface area (Å²) in [6.07, 6.45) is 3.15. The molecule has 6 heteroatoms. The summed E-state index contributed by atoms with van der Waals surface area (Å²) < 4.78 is 0. The molecule has 0 aromatic heterocycles. The third-order valence-corrected chi connectivity index (χ3v) is 2.23. The highest BCUT2D eigenvalue weighted by Gasteiger charge is 2.10. The maximum Gasteiger partial charge on any atom is 0.270 e. The molecule has 1 aromatic carbocycles. The predicted molar refractivity (Wildman–Crippen MR) is 65.1 cm³/mol. The third-order valence-electron chi connectivity index (χ3n) is 2.23. The van der Waals surface area contributed by atoms with Crippen LogP contribution in [0.2, 0.25) is 0 Å². The van der Waals surface area contributed by atoms with Crippen LogP contribution >= 0.6 is 0 Å². The molecule has 0 unspecified atom stereocenters. The Bertz CT molecular complexity index is 495. The van der Waals surface area contributed by atoms with Crippen molar-refractivity contribution in [2.24, 2.45) is 5.73 Å². The number of non-ortho nitro benzene ring substituents is 1. The number of rotatable bonds is 4. The van der Waals surface area contributed by atoms with Gasteiger partial charge in [0.15, 0.2) is 0 Å². The van der Waals surface area contributed by atoms with Crippen molar-refractivity contribution >= 4 is 23.4 Å². The molecule has 0 heterocycles. The van der Waals surface area contributed by atoms with E-state index in [-0.39, 0.29) is 12.1 Å². The van der Waals surface area contributed by atoms with Crippen LogP contribution in [0.15, 0.2) is 18.2 Å². The van der Waals surface area contributed by atoms with E-state index in [4.69, 9.17) is 11.5 Å². The highest BCUT2D eigenvalue weighted by atomic mass is 16.6. The van der Waals surface area contributed by atoms with Crippen molar-refractivity contribution in [3.05, 3.63) is 39.4 Å². The van der Waals surface area contributed by atoms with E-state index >= 15 is 0 Å². The van der Waals surface area contributed by atoms with Gasteiger partial charge in [0.2, 0.25) is 5.91 Å². The van der Waals surface area contributed by atoms with E-state index in [1.54, 1.807) is 13.0 Å². The van der Waals surface area contributed by atoms with Crippen LogP contribution in [-0.4, -0.2) is 10.8 Å². The van der Waals surface area contributed by atoms with Crippen LogP contribution in [0.3, 0.4) is 0 Å². The topological polar surface area (TPSA) is 112 Å². The second-order valence-electron chi connectivity index (χ2n) is 3.60. The molecular formula is C11H13N3O3. The second kappa shape index (κ2) is 5.11. The number of carbonyl (C=O) groups excluding carboxylic acids is 1. The van der Waals surface area contributed by atoms with Crippen LogP contribution in [0.1, 0.15) is 17.5 Å². The molecule has 1 rings (SSSR count). The van der Waals surface area contributed by atoms with Crippen LogP contribution in [0.25, 0.3) is 6.08 Å². The largest absolute Gasteiger partial charge is 0.398 e. The molecule has 0 aliphatic heterocycles. The molecule has 1 amide bonds. The Balaban J connectivity index is 3.09. The maximum atomic E-state index is 10.7. The van der Waals surface area contributed by atoms with Crippen molar-refractivity contribution in [1.82, 2.24) is 0 Å². The van der Waals surface area contributed by atoms with Gasteiger partial charge in [0.25, 0.3) is 5.69 Å². The number of aryl methyl sites for hydroxylation is 1. The van der Waals surface area contributed by atoms with E-state index in [0.29, 0.717) is 16.8 Å². The molecule has 0 saturated heterocycles. The molecule has 0 saturated carbocycles. The number of carbonyl (C=O) groups is 1. The molecule has 90 valence electrons. The standard InChI is InChI=1S/C11H13N3O3/c1-7-5-9(14(16)17)6-8(11(7)13)3-2-4-10(12)15/h2-3,5-6H,4,13H2,1H3,(H2,12,15). The molecule has 1 aromatic rings. The average Bonchev–Trinajstić information content (AvgIpc) is 2.23. The van der Waals surface area contributed by atoms with E-state index in [0.717, 1.165) is 0 Å². The fraction of sp³-hybridized carbons (Fsp3) is 0.182. The number of hydrogen-bond acceptors (Lipinski definition) is 4. The molecule has 4 N–H and O–H groups in total. The fourth-order valence-electron chi connectivity index (χ4n) is 1.35. The third kappa shape index (κ3) is 3.30. The SMILES string of the molecule is Cc1cc([N+](=O)[O-])cc(C=CCC(N)=O)c1N. The lowest BCUT2D eigenvalue weighted by atomic mass is 10.1. The number of nitrogens with two attached hydrogens (primary N) is 2. The van der Waals surface area contributed by atoms with Crippen LogP contribution in [0.5, 0.6) is 0 Å². The van der Waals surface area contributed by atoms with Crippen LogP contribution in [-0.2, 0) is 4.79 Å². The monoisotopic (exact) mass is 235 g/mol. The molecule has 0 aliphatic rings. The lowest BCUT2D eigenvalue weighted by Gasteiger charge is -2.04. The molecule has 0 aliphatic carbocycles. The number of hydrogen-bond donors (Lipinski definition) is 2. The first-order valence-electron chi connectivity index (χ1n) is 4.91. The summed E-state index contributed by atoms with van der Waals surface area (Å²) in [6, 6.07) is 2.76. The molecule has 0 bridgehead atoms. The van der Waals surface area contributed by atoms with E-state index in [1.165, 1.54) is 18.2 Å². The zero-order valence-corrected chi connectivity index (χ0v) is 9.34. The Morgan fingerprint density at radius 1 is 1.53 bits per heavy atom. The van der Waals surface area contributed by atoms with Gasteiger partial charge in [-0.3, -0.25) is 14.9 Å². The molecular weight excluding hydrogens is 222 g/mol. The molecule has 17 heavy (non-hydrogen) atoms. The van der Waals surface area contributed by atoms with Crippen molar-refractivity contribution < 1.29 is 9.72 Å². The minimum Gasteiger partial charge on any atom is -0.398 e. The Hall–Kier alpha value is -2.37. The van der Waals surface area contributed by atoms with Crippen molar-refractivity contribution in [2.75, 3.05) is 5.73 Å². The molecule has 0 radical (unpaired) electrons. The first-order valence-corrected chi connectivity index (χ1v) is 4.91. The van der Waals surface area contributed by atoms with Crippen LogP contribution in [0.4, 0.5) is 11.4 Å². The summed E-state index contributed by atoms with van der Waals surface area (Å²) in [5.41, 5.74) is 12.3. The lowest BCUT2D eigenvalue weighted by Crippen LogP contribution is -2.08. The first-order chi connectivity index (χ1) is 7.91. The van der Waals surface area contributed by atoms with Gasteiger partial charge in [-0.1, -0.05) is 12.2 Å². The van der Waals surface area contributed by atoms with Gasteiger partial charge in [0.1, 0.15) is 0 Å². The Morgan fingerprint density at radius 2 is 2.18 bits per heavy atom. The summed E-state index contributed by atoms with van der Waals surface area (Å²) >= 11 is 0. The van der Waals surface area contributed by atoms with Gasteiger partial charge < -0.3 is 11.5 Å². The quantitative estimate of drug-likeness (QED) is 0.466. The van der Waals surface area contributed by atoms with Crippen molar-refractivity contribution in [2.45, 2.75) is 13.3 Å². The normalized spacial score (nSPS) is 10.6. The number of nitrogen functional groups attached to an aromatic ring is 1. The van der Waals surface area contributed by atoms with Crippen LogP contribution < -0.4 is 11.5 Å². The number of nitro groups is 1. The number of amides is 1. The fourth-order valence-corrected chi connectivity index (χ4v) is 1.35. The van der Waals surface area contributed by atoms with Gasteiger partial charge in [-0.25, -0.2) is 0 Å². The first kappa shape index (κ1) is 12.7. The highest BCUT2D eigenvalue weighted by molar-refractivity contribution is 5.78. The lowest BCUT2D eigenvalue weighted by molar-refractivity contribution is -0.384. The molecule has 0 fully saturated rings. The minimum absolute atomic E-state index is 0.0320. The number of anilines is 1. The summed E-state index contributed by atoms with van der Waals surface area (Å²) in [6.45, 7) is 1.69. The van der Waals surface area contributed by atoms with Gasteiger partial charge in [0, 0.05) is 29.8 Å². The van der Waals surface area contributed by atoms with Gasteiger partial charge in [-0.05, 0) is 12.5 Å². The minimum atomic E-state index is -0.488. The number of benzene rings is 1. The zero-order valence-electron chi connectivity index (χ0n) is 9.34. The number of primary amides is 1. The van der Waals surface area contributed by atoms with Gasteiger partial charge in [-0.2, -0.15) is 0 Å². The highest BCUT2D eigenvalue weighted by Crippen LogP contribution is 2.25. The molecule has 6 nitrogen and oxygen atoms in total. The number of nitrogens with zero attached hydrogens (tertiary/aromatic N) is 1. The average molecular weight is 235 g/mol. The van der Waals surface area contributed by atoms with E-state index < -0.39 is 10.8 Å². The van der Waals surface area contributed by atoms with Gasteiger partial charge in [-0.15, -0.1) is 0 Å². The summed E-state index contributed by atoms with van der Waals surface area (Å²) in [5, 5.41) is 10.7. The van der Waals surface area contributed by atoms with Crippen molar-refractivity contribution in [1.29, 1.82) is 0 Å². The van der Waals surface area contributed by atoms with Crippen LogP contribution in [0, 0.1) is 17.0 Å². The van der Waals surface area contributed by atoms with Gasteiger partial charge in [0.05, 0.1) is 4.92 Å². The Morgan fingerprint density at radius 3 is 2.71 bits per heavy atom. The molecule has 0 spiro atoms. The van der Waals surface area contributed by atoms with E-state index in [1.807, 2.05) is 0 Å². The van der Waals surface area contributed by atoms with E-state index in [9.17, 15) is 14.9 Å². The Kier molecular flexibility index (Phi) is 3.82. The van der Waals surface area contributed by atoms with E-state index in [2.05, 4.69) is 0 Å². The van der Waals surface area contributed by atoms with Gasteiger partial charge >= 0.3 is 0 Å². The predicted octanol–water partition coefficient (Wildman–Crippen LogP) is 1.37. The van der Waals surface area contributed by atoms with Crippen molar-refractivity contribution in [3.8, 4) is 0 Å². The smallest absolute Gasteiger partial charge is 0.270 e. The van der Waals surface area contributed by atoms with Crippen molar-refractivity contribution in [3.63, 3.8) is 0 Å². The Labute approximate surface area is 98.1 Å². The summed E-state index contributed by atoms with van der Waals surface area (Å²) in [4.78, 5) is 20.7. The molecule has 0 atom stereocenters.